The predicted molar refractivity (Wildman–Crippen MR) is 71.1 cm³/mol. The summed E-state index contributed by atoms with van der Waals surface area (Å²) in [6.45, 7) is 5.23. The topological polar surface area (TPSA) is 29.9 Å². The summed E-state index contributed by atoms with van der Waals surface area (Å²) in [4.78, 5) is 0. The predicted octanol–water partition coefficient (Wildman–Crippen LogP) is 2.67. The SMILES string of the molecule is CNC(Cn1nc(C)cc1C)C1CCCCC1. The average Bonchev–Trinajstić information content (AvgIpc) is 2.66. The number of aryl methyl sites for hydroxylation is 2. The van der Waals surface area contributed by atoms with Crippen molar-refractivity contribution >= 4 is 0 Å². The van der Waals surface area contributed by atoms with Gasteiger partial charge in [0.1, 0.15) is 0 Å². The number of hydrogen-bond donors (Lipinski definition) is 1. The summed E-state index contributed by atoms with van der Waals surface area (Å²) < 4.78 is 2.16. The molecule has 1 fully saturated rings. The number of hydrogen-bond acceptors (Lipinski definition) is 2. The summed E-state index contributed by atoms with van der Waals surface area (Å²) in [5.41, 5.74) is 2.40. The molecule has 0 aromatic carbocycles. The highest BCUT2D eigenvalue weighted by atomic mass is 15.3. The van der Waals surface area contributed by atoms with Gasteiger partial charge >= 0.3 is 0 Å². The molecule has 1 heterocycles. The molecule has 1 saturated carbocycles. The highest BCUT2D eigenvalue weighted by molar-refractivity contribution is 5.06. The van der Waals surface area contributed by atoms with Crippen molar-refractivity contribution in [3.8, 4) is 0 Å². The van der Waals surface area contributed by atoms with Gasteiger partial charge in [-0.15, -0.1) is 0 Å². The summed E-state index contributed by atoms with van der Waals surface area (Å²) in [6.07, 6.45) is 6.99. The Morgan fingerprint density at radius 3 is 2.59 bits per heavy atom. The molecule has 1 N–H and O–H groups in total. The van der Waals surface area contributed by atoms with Crippen LogP contribution in [0.1, 0.15) is 43.5 Å². The molecular weight excluding hydrogens is 210 g/mol. The zero-order valence-corrected chi connectivity index (χ0v) is 11.4. The van der Waals surface area contributed by atoms with E-state index in [0.717, 1.165) is 18.2 Å². The molecule has 2 rings (SSSR count). The molecule has 0 saturated heterocycles. The molecule has 0 bridgehead atoms. The largest absolute Gasteiger partial charge is 0.315 e. The van der Waals surface area contributed by atoms with Crippen LogP contribution in [0.4, 0.5) is 0 Å². The molecule has 17 heavy (non-hydrogen) atoms. The van der Waals surface area contributed by atoms with E-state index in [0.29, 0.717) is 6.04 Å². The molecule has 0 amide bonds. The van der Waals surface area contributed by atoms with Crippen molar-refractivity contribution in [3.05, 3.63) is 17.5 Å². The first-order valence-electron chi connectivity index (χ1n) is 6.89. The maximum atomic E-state index is 4.57. The molecule has 96 valence electrons. The summed E-state index contributed by atoms with van der Waals surface area (Å²) >= 11 is 0. The van der Waals surface area contributed by atoms with Gasteiger partial charge in [-0.1, -0.05) is 19.3 Å². The van der Waals surface area contributed by atoms with E-state index in [1.165, 1.54) is 37.8 Å². The van der Waals surface area contributed by atoms with Gasteiger partial charge in [0.25, 0.3) is 0 Å². The lowest BCUT2D eigenvalue weighted by atomic mass is 9.84. The lowest BCUT2D eigenvalue weighted by molar-refractivity contribution is 0.251. The van der Waals surface area contributed by atoms with E-state index >= 15 is 0 Å². The van der Waals surface area contributed by atoms with Gasteiger partial charge < -0.3 is 5.32 Å². The van der Waals surface area contributed by atoms with E-state index in [1.54, 1.807) is 0 Å². The van der Waals surface area contributed by atoms with E-state index in [4.69, 9.17) is 0 Å². The van der Waals surface area contributed by atoms with Crippen LogP contribution < -0.4 is 5.32 Å². The zero-order valence-electron chi connectivity index (χ0n) is 11.4. The van der Waals surface area contributed by atoms with Crippen LogP contribution in [-0.4, -0.2) is 22.9 Å². The van der Waals surface area contributed by atoms with Gasteiger partial charge in [0, 0.05) is 11.7 Å². The van der Waals surface area contributed by atoms with Crippen molar-refractivity contribution in [3.63, 3.8) is 0 Å². The van der Waals surface area contributed by atoms with Crippen LogP contribution in [0.15, 0.2) is 6.07 Å². The van der Waals surface area contributed by atoms with Gasteiger partial charge in [0.2, 0.25) is 0 Å². The van der Waals surface area contributed by atoms with Gasteiger partial charge in [0.15, 0.2) is 0 Å². The maximum absolute atomic E-state index is 4.57. The number of nitrogens with zero attached hydrogens (tertiary/aromatic N) is 2. The number of likely N-dealkylation sites (N-methyl/N-ethyl adjacent to an activating group) is 1. The molecule has 0 spiro atoms. The van der Waals surface area contributed by atoms with E-state index in [-0.39, 0.29) is 0 Å². The van der Waals surface area contributed by atoms with Crippen LogP contribution in [0.5, 0.6) is 0 Å². The standard InChI is InChI=1S/C14H25N3/c1-11-9-12(2)17(16-11)10-14(15-3)13-7-5-4-6-8-13/h9,13-15H,4-8,10H2,1-3H3. The Labute approximate surface area is 105 Å². The smallest absolute Gasteiger partial charge is 0.0596 e. The molecule has 1 aromatic rings. The second-order valence-corrected chi connectivity index (χ2v) is 5.40. The first-order chi connectivity index (χ1) is 8.20. The third-order valence-electron chi connectivity index (χ3n) is 4.06. The Kier molecular flexibility index (Phi) is 4.21. The lowest BCUT2D eigenvalue weighted by Crippen LogP contribution is -2.39. The van der Waals surface area contributed by atoms with Crippen LogP contribution >= 0.6 is 0 Å². The molecule has 0 aliphatic heterocycles. The Hall–Kier alpha value is -0.830. The molecule has 0 radical (unpaired) electrons. The monoisotopic (exact) mass is 235 g/mol. The molecule has 1 aliphatic carbocycles. The minimum Gasteiger partial charge on any atom is -0.315 e. The molecule has 1 unspecified atom stereocenters. The summed E-state index contributed by atoms with van der Waals surface area (Å²) in [7, 11) is 2.09. The third kappa shape index (κ3) is 3.09. The first kappa shape index (κ1) is 12.6. The average molecular weight is 235 g/mol. The van der Waals surface area contributed by atoms with Crippen molar-refractivity contribution in [1.29, 1.82) is 0 Å². The van der Waals surface area contributed by atoms with Gasteiger partial charge in [0.05, 0.1) is 12.2 Å². The van der Waals surface area contributed by atoms with Gasteiger partial charge in [-0.25, -0.2) is 0 Å². The van der Waals surface area contributed by atoms with Crippen LogP contribution in [0.2, 0.25) is 0 Å². The zero-order chi connectivity index (χ0) is 12.3. The lowest BCUT2D eigenvalue weighted by Gasteiger charge is -2.30. The maximum Gasteiger partial charge on any atom is 0.0596 e. The van der Waals surface area contributed by atoms with E-state index < -0.39 is 0 Å². The Bertz CT molecular complexity index is 350. The summed E-state index contributed by atoms with van der Waals surface area (Å²) in [6, 6.07) is 2.74. The van der Waals surface area contributed by atoms with Crippen molar-refractivity contribution in [1.82, 2.24) is 15.1 Å². The van der Waals surface area contributed by atoms with E-state index in [2.05, 4.69) is 42.1 Å². The van der Waals surface area contributed by atoms with Crippen LogP contribution in [-0.2, 0) is 6.54 Å². The van der Waals surface area contributed by atoms with Gasteiger partial charge in [-0.05, 0) is 45.7 Å². The van der Waals surface area contributed by atoms with Crippen LogP contribution in [0.3, 0.4) is 0 Å². The molecular formula is C14H25N3. The highest BCUT2D eigenvalue weighted by Gasteiger charge is 2.23. The molecule has 1 aliphatic rings. The fraction of sp³-hybridized carbons (Fsp3) is 0.786. The Morgan fingerprint density at radius 2 is 2.06 bits per heavy atom. The number of rotatable bonds is 4. The second kappa shape index (κ2) is 5.67. The minimum absolute atomic E-state index is 0.577. The van der Waals surface area contributed by atoms with Crippen molar-refractivity contribution in [2.75, 3.05) is 7.05 Å². The first-order valence-corrected chi connectivity index (χ1v) is 6.89. The summed E-state index contributed by atoms with van der Waals surface area (Å²) in [5.74, 6) is 0.831. The summed E-state index contributed by atoms with van der Waals surface area (Å²) in [5, 5.41) is 8.07. The molecule has 1 atom stereocenters. The van der Waals surface area contributed by atoms with Crippen molar-refractivity contribution in [2.45, 2.75) is 58.5 Å². The fourth-order valence-corrected chi connectivity index (χ4v) is 3.06. The van der Waals surface area contributed by atoms with Gasteiger partial charge in [-0.2, -0.15) is 5.10 Å². The van der Waals surface area contributed by atoms with Crippen LogP contribution in [0, 0.1) is 19.8 Å². The van der Waals surface area contributed by atoms with Gasteiger partial charge in [-0.3, -0.25) is 4.68 Å². The third-order valence-corrected chi connectivity index (χ3v) is 4.06. The number of aromatic nitrogens is 2. The normalized spacial score (nSPS) is 19.5. The Balaban J connectivity index is 2.01. The van der Waals surface area contributed by atoms with Crippen LogP contribution in [0.25, 0.3) is 0 Å². The van der Waals surface area contributed by atoms with Crippen molar-refractivity contribution < 1.29 is 0 Å². The highest BCUT2D eigenvalue weighted by Crippen LogP contribution is 2.27. The second-order valence-electron chi connectivity index (χ2n) is 5.40. The van der Waals surface area contributed by atoms with E-state index in [1.807, 2.05) is 0 Å². The number of nitrogens with one attached hydrogen (secondary N) is 1. The van der Waals surface area contributed by atoms with E-state index in [9.17, 15) is 0 Å². The molecule has 3 nitrogen and oxygen atoms in total. The quantitative estimate of drug-likeness (QED) is 0.869. The minimum atomic E-state index is 0.577. The molecule has 1 aromatic heterocycles. The van der Waals surface area contributed by atoms with Crippen molar-refractivity contribution in [2.24, 2.45) is 5.92 Å². The molecule has 3 heteroatoms. The Morgan fingerprint density at radius 1 is 1.35 bits per heavy atom. The fourth-order valence-electron chi connectivity index (χ4n) is 3.06.